The van der Waals surface area contributed by atoms with E-state index in [1.165, 1.54) is 11.3 Å². The molecule has 5 heteroatoms. The number of thiazole rings is 1. The third-order valence-electron chi connectivity index (χ3n) is 2.36. The van der Waals surface area contributed by atoms with Gasteiger partial charge in [-0.15, -0.1) is 6.42 Å². The Hall–Kier alpha value is -2.32. The van der Waals surface area contributed by atoms with Crippen molar-refractivity contribution in [3.05, 3.63) is 35.5 Å². The van der Waals surface area contributed by atoms with Crippen molar-refractivity contribution in [3.8, 4) is 22.9 Å². The maximum Gasteiger partial charge on any atom is 0.270 e. The number of carbonyl (C=O) groups is 1. The van der Waals surface area contributed by atoms with Gasteiger partial charge < -0.3 is 11.1 Å². The van der Waals surface area contributed by atoms with Gasteiger partial charge in [0.2, 0.25) is 0 Å². The summed E-state index contributed by atoms with van der Waals surface area (Å²) in [6.07, 6.45) is 5.35. The van der Waals surface area contributed by atoms with Crippen LogP contribution in [0.5, 0.6) is 0 Å². The Morgan fingerprint density at radius 2 is 2.33 bits per heavy atom. The van der Waals surface area contributed by atoms with Crippen molar-refractivity contribution >= 4 is 22.2 Å². The third-order valence-corrected chi connectivity index (χ3v) is 3.49. The summed E-state index contributed by atoms with van der Waals surface area (Å²) < 4.78 is 0. The number of anilines is 1. The van der Waals surface area contributed by atoms with Crippen LogP contribution in [0.4, 0.5) is 5.00 Å². The van der Waals surface area contributed by atoms with E-state index in [0.717, 1.165) is 11.1 Å². The smallest absolute Gasteiger partial charge is 0.270 e. The molecule has 90 valence electrons. The third kappa shape index (κ3) is 2.19. The minimum atomic E-state index is -0.546. The predicted molar refractivity (Wildman–Crippen MR) is 73.5 cm³/mol. The van der Waals surface area contributed by atoms with Crippen molar-refractivity contribution < 1.29 is 4.79 Å². The van der Waals surface area contributed by atoms with E-state index in [2.05, 4.69) is 16.2 Å². The highest BCUT2D eigenvalue weighted by atomic mass is 32.1. The van der Waals surface area contributed by atoms with E-state index in [-0.39, 0.29) is 5.69 Å². The molecule has 3 N–H and O–H groups in total. The number of rotatable bonds is 3. The number of aromatic nitrogens is 1. The lowest BCUT2D eigenvalue weighted by molar-refractivity contribution is 0.0997. The fraction of sp³-hybridized carbons (Fsp3) is 0.0769. The standard InChI is InChI=1S/C13H11N3OS/c1-3-8-5-4-6-9(7-8)12-16-10(11(14)17)13(15-2)18-12/h1,4-7,15H,2H3,(H2,14,17). The summed E-state index contributed by atoms with van der Waals surface area (Å²) in [7, 11) is 1.72. The lowest BCUT2D eigenvalue weighted by Gasteiger charge is -1.96. The summed E-state index contributed by atoms with van der Waals surface area (Å²) in [4.78, 5) is 15.5. The summed E-state index contributed by atoms with van der Waals surface area (Å²) in [5.74, 6) is 2.02. The number of primary amides is 1. The highest BCUT2D eigenvalue weighted by Gasteiger charge is 2.15. The highest BCUT2D eigenvalue weighted by Crippen LogP contribution is 2.31. The number of carbonyl (C=O) groups excluding carboxylic acids is 1. The molecule has 1 heterocycles. The monoisotopic (exact) mass is 257 g/mol. The molecular weight excluding hydrogens is 246 g/mol. The molecule has 2 rings (SSSR count). The van der Waals surface area contributed by atoms with Crippen LogP contribution in [0.25, 0.3) is 10.6 Å². The number of benzene rings is 1. The summed E-state index contributed by atoms with van der Waals surface area (Å²) in [6.45, 7) is 0. The number of nitrogens with one attached hydrogen (secondary N) is 1. The van der Waals surface area contributed by atoms with Crippen LogP contribution in [-0.4, -0.2) is 17.9 Å². The molecule has 0 bridgehead atoms. The van der Waals surface area contributed by atoms with Gasteiger partial charge in [0.05, 0.1) is 0 Å². The van der Waals surface area contributed by atoms with Gasteiger partial charge in [0.15, 0.2) is 5.69 Å². The van der Waals surface area contributed by atoms with Crippen molar-refractivity contribution in [1.82, 2.24) is 4.98 Å². The number of amides is 1. The first-order chi connectivity index (χ1) is 8.65. The summed E-state index contributed by atoms with van der Waals surface area (Å²) >= 11 is 1.37. The van der Waals surface area contributed by atoms with Gasteiger partial charge in [-0.25, -0.2) is 4.98 Å². The van der Waals surface area contributed by atoms with Gasteiger partial charge in [-0.2, -0.15) is 0 Å². The molecule has 0 aliphatic rings. The van der Waals surface area contributed by atoms with Crippen LogP contribution in [0, 0.1) is 12.3 Å². The van der Waals surface area contributed by atoms with Crippen molar-refractivity contribution in [2.24, 2.45) is 5.73 Å². The number of nitrogens with zero attached hydrogens (tertiary/aromatic N) is 1. The second kappa shape index (κ2) is 4.90. The molecule has 0 saturated heterocycles. The molecule has 0 fully saturated rings. The minimum absolute atomic E-state index is 0.253. The van der Waals surface area contributed by atoms with Crippen molar-refractivity contribution in [1.29, 1.82) is 0 Å². The Kier molecular flexibility index (Phi) is 3.31. The van der Waals surface area contributed by atoms with Crippen LogP contribution >= 0.6 is 11.3 Å². The zero-order valence-corrected chi connectivity index (χ0v) is 10.5. The Morgan fingerprint density at radius 3 is 2.89 bits per heavy atom. The quantitative estimate of drug-likeness (QED) is 0.826. The molecule has 0 radical (unpaired) electrons. The molecular formula is C13H11N3OS. The van der Waals surface area contributed by atoms with Gasteiger partial charge in [-0.3, -0.25) is 4.79 Å². The van der Waals surface area contributed by atoms with Crippen LogP contribution in [0.2, 0.25) is 0 Å². The predicted octanol–water partition coefficient (Wildman–Crippen LogP) is 1.93. The van der Waals surface area contributed by atoms with Gasteiger partial charge in [0.1, 0.15) is 10.0 Å². The van der Waals surface area contributed by atoms with Crippen LogP contribution in [-0.2, 0) is 0 Å². The average molecular weight is 257 g/mol. The molecule has 18 heavy (non-hydrogen) atoms. The Bertz CT molecular complexity index is 640. The molecule has 0 saturated carbocycles. The highest BCUT2D eigenvalue weighted by molar-refractivity contribution is 7.19. The number of hydrogen-bond donors (Lipinski definition) is 2. The van der Waals surface area contributed by atoms with Gasteiger partial charge in [0, 0.05) is 18.2 Å². The van der Waals surface area contributed by atoms with Crippen molar-refractivity contribution in [3.63, 3.8) is 0 Å². The van der Waals surface area contributed by atoms with Crippen molar-refractivity contribution in [2.45, 2.75) is 0 Å². The molecule has 0 atom stereocenters. The van der Waals surface area contributed by atoms with E-state index in [0.29, 0.717) is 10.0 Å². The van der Waals surface area contributed by atoms with Gasteiger partial charge in [-0.1, -0.05) is 29.4 Å². The minimum Gasteiger partial charge on any atom is -0.378 e. The van der Waals surface area contributed by atoms with Crippen molar-refractivity contribution in [2.75, 3.05) is 12.4 Å². The first kappa shape index (κ1) is 12.1. The fourth-order valence-electron chi connectivity index (χ4n) is 1.52. The molecule has 4 nitrogen and oxygen atoms in total. The van der Waals surface area contributed by atoms with Crippen LogP contribution in [0.1, 0.15) is 16.1 Å². The molecule has 0 aliphatic carbocycles. The average Bonchev–Trinajstić information content (AvgIpc) is 2.83. The topological polar surface area (TPSA) is 68.0 Å². The van der Waals surface area contributed by atoms with E-state index < -0.39 is 5.91 Å². The lowest BCUT2D eigenvalue weighted by Crippen LogP contribution is -2.13. The Balaban J connectivity index is 2.51. The van der Waals surface area contributed by atoms with Gasteiger partial charge in [0.25, 0.3) is 5.91 Å². The largest absolute Gasteiger partial charge is 0.378 e. The first-order valence-electron chi connectivity index (χ1n) is 5.21. The van der Waals surface area contributed by atoms with E-state index in [9.17, 15) is 4.79 Å². The molecule has 1 aromatic carbocycles. The number of terminal acetylenes is 1. The molecule has 1 aromatic heterocycles. The van der Waals surface area contributed by atoms with E-state index in [1.54, 1.807) is 7.05 Å². The zero-order valence-electron chi connectivity index (χ0n) is 9.73. The molecule has 1 amide bonds. The Labute approximate surface area is 109 Å². The summed E-state index contributed by atoms with van der Waals surface area (Å²) in [5, 5.41) is 4.28. The van der Waals surface area contributed by atoms with Gasteiger partial charge >= 0.3 is 0 Å². The van der Waals surface area contributed by atoms with Crippen LogP contribution < -0.4 is 11.1 Å². The van der Waals surface area contributed by atoms with E-state index >= 15 is 0 Å². The zero-order chi connectivity index (χ0) is 13.1. The Morgan fingerprint density at radius 1 is 1.56 bits per heavy atom. The van der Waals surface area contributed by atoms with Crippen LogP contribution in [0.3, 0.4) is 0 Å². The SMILES string of the molecule is C#Cc1cccc(-c2nc(C(N)=O)c(NC)s2)c1. The van der Waals surface area contributed by atoms with E-state index in [1.807, 2.05) is 24.3 Å². The van der Waals surface area contributed by atoms with E-state index in [4.69, 9.17) is 12.2 Å². The second-order valence-electron chi connectivity index (χ2n) is 3.54. The molecule has 2 aromatic rings. The number of hydrogen-bond acceptors (Lipinski definition) is 4. The maximum atomic E-state index is 11.2. The number of nitrogens with two attached hydrogens (primary N) is 1. The molecule has 0 aliphatic heterocycles. The normalized spacial score (nSPS) is 9.78. The molecule has 0 unspecified atom stereocenters. The summed E-state index contributed by atoms with van der Waals surface area (Å²) in [6, 6.07) is 7.44. The fourth-order valence-corrected chi connectivity index (χ4v) is 2.44. The molecule has 0 spiro atoms. The first-order valence-corrected chi connectivity index (χ1v) is 6.02. The van der Waals surface area contributed by atoms with Gasteiger partial charge in [-0.05, 0) is 12.1 Å². The lowest BCUT2D eigenvalue weighted by atomic mass is 10.1. The summed E-state index contributed by atoms with van der Waals surface area (Å²) in [5.41, 5.74) is 7.17. The van der Waals surface area contributed by atoms with Crippen LogP contribution in [0.15, 0.2) is 24.3 Å². The second-order valence-corrected chi connectivity index (χ2v) is 4.54. The maximum absolute atomic E-state index is 11.2.